The van der Waals surface area contributed by atoms with E-state index in [9.17, 15) is 22.5 Å². The summed E-state index contributed by atoms with van der Waals surface area (Å²) in [5.41, 5.74) is 0.138. The fourth-order valence-corrected chi connectivity index (χ4v) is 4.86. The number of carbonyl (C=O) groups excluding carboxylic acids is 1. The summed E-state index contributed by atoms with van der Waals surface area (Å²) in [5, 5.41) is 0.441. The van der Waals surface area contributed by atoms with E-state index in [4.69, 9.17) is 23.2 Å². The van der Waals surface area contributed by atoms with E-state index in [0.29, 0.717) is 5.17 Å². The predicted molar refractivity (Wildman–Crippen MR) is 93.2 cm³/mol. The first kappa shape index (κ1) is 19.2. The average molecular weight is 431 g/mol. The molecule has 1 aliphatic carbocycles. The first-order valence-corrected chi connectivity index (χ1v) is 10.2. The van der Waals surface area contributed by atoms with Gasteiger partial charge in [0.15, 0.2) is 10.1 Å². The molecule has 2 fully saturated rings. The van der Waals surface area contributed by atoms with E-state index in [-0.39, 0.29) is 38.3 Å². The van der Waals surface area contributed by atoms with Gasteiger partial charge in [0.1, 0.15) is 0 Å². The quantitative estimate of drug-likeness (QED) is 0.665. The second-order valence-corrected chi connectivity index (χ2v) is 8.69. The van der Waals surface area contributed by atoms with Gasteiger partial charge < -0.3 is 4.55 Å². The largest absolute Gasteiger partial charge is 0.611 e. The van der Waals surface area contributed by atoms with Gasteiger partial charge in [-0.3, -0.25) is 9.69 Å². The van der Waals surface area contributed by atoms with Gasteiger partial charge in [-0.25, -0.2) is 4.99 Å². The Hall–Kier alpha value is -0.610. The molecule has 4 nitrogen and oxygen atoms in total. The third-order valence-electron chi connectivity index (χ3n) is 3.47. The molecule has 1 saturated carbocycles. The number of benzene rings is 1. The summed E-state index contributed by atoms with van der Waals surface area (Å²) in [6.45, 7) is 0. The average Bonchev–Trinajstić information content (AvgIpc) is 3.24. The molecule has 0 radical (unpaired) electrons. The smallest absolute Gasteiger partial charge is 0.433 e. The van der Waals surface area contributed by atoms with Crippen LogP contribution in [0.25, 0.3) is 0 Å². The Bertz CT molecular complexity index is 742. The zero-order valence-electron chi connectivity index (χ0n) is 12.5. The Labute approximate surface area is 158 Å². The SMILES string of the molecule is O=C1CS/C(=N\c2cc([S+]([O-])CC(F)(F)F)c(Cl)cc2Cl)N1C1CC1. The second kappa shape index (κ2) is 7.19. The molecule has 1 atom stereocenters. The molecule has 0 bridgehead atoms. The number of rotatable bonds is 4. The molecule has 1 aliphatic heterocycles. The molecular formula is C14H11Cl2F3N2O2S2. The lowest BCUT2D eigenvalue weighted by Crippen LogP contribution is -2.31. The molecule has 0 aromatic heterocycles. The van der Waals surface area contributed by atoms with Crippen LogP contribution >= 0.6 is 35.0 Å². The molecule has 1 amide bonds. The number of aliphatic imine (C=N–C) groups is 1. The van der Waals surface area contributed by atoms with Gasteiger partial charge in [-0.1, -0.05) is 35.0 Å². The van der Waals surface area contributed by atoms with Gasteiger partial charge in [0.25, 0.3) is 0 Å². The highest BCUT2D eigenvalue weighted by atomic mass is 35.5. The minimum absolute atomic E-state index is 0.0581. The number of hydrogen-bond acceptors (Lipinski definition) is 4. The first-order chi connectivity index (χ1) is 11.7. The topological polar surface area (TPSA) is 55.7 Å². The first-order valence-electron chi connectivity index (χ1n) is 7.13. The molecule has 11 heteroatoms. The summed E-state index contributed by atoms with van der Waals surface area (Å²) in [4.78, 5) is 17.6. The maximum atomic E-state index is 12.5. The summed E-state index contributed by atoms with van der Waals surface area (Å²) >= 11 is 10.8. The predicted octanol–water partition coefficient (Wildman–Crippen LogP) is 4.39. The van der Waals surface area contributed by atoms with E-state index in [0.717, 1.165) is 12.8 Å². The van der Waals surface area contributed by atoms with Crippen LogP contribution in [0.2, 0.25) is 10.0 Å². The number of thioether (sulfide) groups is 1. The summed E-state index contributed by atoms with van der Waals surface area (Å²) in [6.07, 6.45) is -2.81. The Morgan fingerprint density at radius 3 is 2.60 bits per heavy atom. The van der Waals surface area contributed by atoms with Crippen molar-refractivity contribution in [3.05, 3.63) is 22.2 Å². The van der Waals surface area contributed by atoms with E-state index in [1.807, 2.05) is 0 Å². The van der Waals surface area contributed by atoms with Crippen molar-refractivity contribution in [2.75, 3.05) is 11.5 Å². The zero-order valence-corrected chi connectivity index (χ0v) is 15.6. The molecule has 1 unspecified atom stereocenters. The number of amidine groups is 1. The number of nitrogens with zero attached hydrogens (tertiary/aromatic N) is 2. The number of alkyl halides is 3. The molecule has 3 rings (SSSR count). The molecule has 1 heterocycles. The van der Waals surface area contributed by atoms with Crippen molar-refractivity contribution in [3.8, 4) is 0 Å². The summed E-state index contributed by atoms with van der Waals surface area (Å²) < 4.78 is 49.4. The van der Waals surface area contributed by atoms with Crippen molar-refractivity contribution in [2.45, 2.75) is 30.0 Å². The van der Waals surface area contributed by atoms with Crippen LogP contribution in [0.5, 0.6) is 0 Å². The number of hydrogen-bond donors (Lipinski definition) is 0. The van der Waals surface area contributed by atoms with Gasteiger partial charge in [-0.15, -0.1) is 0 Å². The van der Waals surface area contributed by atoms with Crippen molar-refractivity contribution in [1.82, 2.24) is 4.90 Å². The second-order valence-electron chi connectivity index (χ2n) is 5.52. The Balaban J connectivity index is 1.92. The van der Waals surface area contributed by atoms with Crippen LogP contribution < -0.4 is 0 Å². The highest BCUT2D eigenvalue weighted by Gasteiger charge is 2.40. The van der Waals surface area contributed by atoms with Gasteiger partial charge in [0, 0.05) is 12.1 Å². The highest BCUT2D eigenvalue weighted by Crippen LogP contribution is 2.39. The molecular weight excluding hydrogens is 420 g/mol. The molecule has 25 heavy (non-hydrogen) atoms. The third-order valence-corrected chi connectivity index (χ3v) is 6.55. The van der Waals surface area contributed by atoms with Crippen molar-refractivity contribution in [2.24, 2.45) is 4.99 Å². The number of amides is 1. The van der Waals surface area contributed by atoms with Gasteiger partial charge in [0.2, 0.25) is 11.7 Å². The Morgan fingerprint density at radius 2 is 2.00 bits per heavy atom. The standard InChI is InChI=1S/C14H11Cl2F3N2O2S2/c15-8-3-9(16)11(25(23)6-14(17,18)19)4-10(8)20-13-21(7-1-2-7)12(22)5-24-13/h3-4,7H,1-2,5-6H2/b20-13-. The van der Waals surface area contributed by atoms with E-state index in [1.165, 1.54) is 23.9 Å². The van der Waals surface area contributed by atoms with Crippen molar-refractivity contribution in [3.63, 3.8) is 0 Å². The lowest BCUT2D eigenvalue weighted by molar-refractivity contribution is -0.124. The molecule has 136 valence electrons. The normalized spacial score (nSPS) is 21.3. The van der Waals surface area contributed by atoms with Crippen molar-refractivity contribution >= 4 is 62.9 Å². The lowest BCUT2D eigenvalue weighted by atomic mass is 10.3. The maximum absolute atomic E-state index is 12.5. The van der Waals surface area contributed by atoms with Crippen LogP contribution in [-0.4, -0.2) is 44.3 Å². The van der Waals surface area contributed by atoms with E-state index < -0.39 is 23.1 Å². The lowest BCUT2D eigenvalue weighted by Gasteiger charge is -2.16. The van der Waals surface area contributed by atoms with Crippen molar-refractivity contribution < 1.29 is 22.5 Å². The van der Waals surface area contributed by atoms with Gasteiger partial charge in [0.05, 0.1) is 21.5 Å². The van der Waals surface area contributed by atoms with Crippen LogP contribution in [0.3, 0.4) is 0 Å². The fourth-order valence-electron chi connectivity index (χ4n) is 2.26. The van der Waals surface area contributed by atoms with E-state index >= 15 is 0 Å². The summed E-state index contributed by atoms with van der Waals surface area (Å²) in [7, 11) is 0. The van der Waals surface area contributed by atoms with Gasteiger partial charge in [-0.05, 0) is 30.1 Å². The molecule has 1 saturated heterocycles. The Morgan fingerprint density at radius 1 is 1.32 bits per heavy atom. The van der Waals surface area contributed by atoms with Crippen LogP contribution in [0.15, 0.2) is 22.0 Å². The summed E-state index contributed by atoms with van der Waals surface area (Å²) in [5.74, 6) is -1.31. The molecule has 0 spiro atoms. The van der Waals surface area contributed by atoms with Crippen LogP contribution in [0.1, 0.15) is 12.8 Å². The minimum Gasteiger partial charge on any atom is -0.611 e. The highest BCUT2D eigenvalue weighted by molar-refractivity contribution is 8.15. The minimum atomic E-state index is -4.59. The van der Waals surface area contributed by atoms with E-state index in [1.54, 1.807) is 4.90 Å². The number of halogens is 5. The third kappa shape index (κ3) is 4.57. The van der Waals surface area contributed by atoms with Crippen LogP contribution in [-0.2, 0) is 16.0 Å². The summed E-state index contributed by atoms with van der Waals surface area (Å²) in [6, 6.07) is 2.52. The van der Waals surface area contributed by atoms with Crippen molar-refractivity contribution in [1.29, 1.82) is 0 Å². The van der Waals surface area contributed by atoms with E-state index in [2.05, 4.69) is 4.99 Å². The van der Waals surface area contributed by atoms with Gasteiger partial charge >= 0.3 is 6.18 Å². The molecule has 2 aliphatic rings. The Kier molecular flexibility index (Phi) is 5.51. The molecule has 1 aromatic carbocycles. The fraction of sp³-hybridized carbons (Fsp3) is 0.429. The van der Waals surface area contributed by atoms with Crippen LogP contribution in [0.4, 0.5) is 18.9 Å². The zero-order chi connectivity index (χ0) is 18.4. The molecule has 1 aromatic rings. The van der Waals surface area contributed by atoms with Crippen LogP contribution in [0, 0.1) is 0 Å². The maximum Gasteiger partial charge on any atom is 0.433 e. The monoisotopic (exact) mass is 430 g/mol. The molecule has 0 N–H and O–H groups in total. The van der Waals surface area contributed by atoms with Gasteiger partial charge in [-0.2, -0.15) is 13.2 Å². The number of carbonyl (C=O) groups is 1.